The third-order valence-electron chi connectivity index (χ3n) is 5.01. The van der Waals surface area contributed by atoms with Crippen LogP contribution in [0.5, 0.6) is 0 Å². The van der Waals surface area contributed by atoms with Crippen molar-refractivity contribution < 1.29 is 35.5 Å². The summed E-state index contributed by atoms with van der Waals surface area (Å²) < 4.78 is 71.6. The van der Waals surface area contributed by atoms with E-state index in [4.69, 9.17) is 0 Å². The first-order valence-corrected chi connectivity index (χ1v) is 15.6. The van der Waals surface area contributed by atoms with Gasteiger partial charge in [0.15, 0.2) is 0 Å². The van der Waals surface area contributed by atoms with Crippen molar-refractivity contribution in [3.63, 3.8) is 0 Å². The predicted molar refractivity (Wildman–Crippen MR) is 137 cm³/mol. The fourth-order valence-electron chi connectivity index (χ4n) is 3.19. The van der Waals surface area contributed by atoms with E-state index in [0.29, 0.717) is 0 Å². The molecule has 0 unspecified atom stereocenters. The maximum absolute atomic E-state index is 12.8. The molecule has 0 aliphatic carbocycles. The largest absolute Gasteiger partial charge is 0.744 e. The highest BCUT2D eigenvalue weighted by molar-refractivity contribution is 8.76. The minimum atomic E-state index is -4.93. The molecule has 0 atom stereocenters. The van der Waals surface area contributed by atoms with Crippen LogP contribution >= 0.6 is 21.6 Å². The van der Waals surface area contributed by atoms with Gasteiger partial charge in [-0.1, -0.05) is 24.3 Å². The van der Waals surface area contributed by atoms with Gasteiger partial charge in [-0.25, -0.2) is 26.2 Å². The third-order valence-corrected chi connectivity index (χ3v) is 8.85. The maximum atomic E-state index is 12.8. The Labute approximate surface area is 234 Å². The summed E-state index contributed by atoms with van der Waals surface area (Å²) in [5.74, 6) is -1.41. The van der Waals surface area contributed by atoms with E-state index in [1.54, 1.807) is 0 Å². The van der Waals surface area contributed by atoms with Gasteiger partial charge in [-0.05, 0) is 59.7 Å². The molecule has 0 radical (unpaired) electrons. The van der Waals surface area contributed by atoms with Crippen LogP contribution in [0.1, 0.15) is 32.4 Å². The number of amides is 2. The van der Waals surface area contributed by atoms with Crippen LogP contribution in [0.15, 0.2) is 68.6 Å². The number of nitrogens with one attached hydrogen (secondary N) is 2. The van der Waals surface area contributed by atoms with Gasteiger partial charge in [0.2, 0.25) is 10.3 Å². The number of carbonyl (C=O) groups is 2. The highest BCUT2D eigenvalue weighted by atomic mass is 33.1. The zero-order chi connectivity index (χ0) is 29.2. The van der Waals surface area contributed by atoms with Crippen LogP contribution in [0.3, 0.4) is 0 Å². The van der Waals surface area contributed by atoms with Gasteiger partial charge in [-0.2, -0.15) is 0 Å². The Morgan fingerprint density at radius 2 is 1.02 bits per heavy atom. The number of rotatable bonds is 9. The fourth-order valence-corrected chi connectivity index (χ4v) is 6.44. The summed E-state index contributed by atoms with van der Waals surface area (Å²) in [6.07, 6.45) is 0. The Bertz CT molecular complexity index is 1700. The molecule has 0 spiro atoms. The molecule has 0 saturated carbocycles. The Hall–Kier alpha value is -3.82. The van der Waals surface area contributed by atoms with Gasteiger partial charge in [-0.15, -0.1) is 20.4 Å². The van der Waals surface area contributed by atoms with Crippen molar-refractivity contribution in [2.75, 3.05) is 10.9 Å². The smallest absolute Gasteiger partial charge is 0.271 e. The summed E-state index contributed by atoms with van der Waals surface area (Å²) >= 11 is 0. The van der Waals surface area contributed by atoms with Gasteiger partial charge in [0.05, 0.1) is 20.9 Å². The summed E-state index contributed by atoms with van der Waals surface area (Å²) in [7, 11) is -8.03. The summed E-state index contributed by atoms with van der Waals surface area (Å²) in [4.78, 5) is 24.2. The predicted octanol–water partition coefficient (Wildman–Crippen LogP) is 0.862. The molecule has 2 aromatic heterocycles. The van der Waals surface area contributed by atoms with Gasteiger partial charge in [0.25, 0.3) is 11.8 Å². The van der Waals surface area contributed by atoms with E-state index in [2.05, 4.69) is 31.2 Å². The van der Waals surface area contributed by atoms with E-state index >= 15 is 0 Å². The molecule has 0 saturated heterocycles. The molecule has 0 bridgehead atoms. The number of hydrogen-bond donors (Lipinski definition) is 2. The van der Waals surface area contributed by atoms with E-state index in [9.17, 15) is 35.5 Å². The average Bonchev–Trinajstić information content (AvgIpc) is 3.42. The number of carbonyl (C=O) groups excluding carboxylic acids is 2. The molecule has 2 aromatic carbocycles. The van der Waals surface area contributed by atoms with Crippen molar-refractivity contribution >= 4 is 53.6 Å². The lowest BCUT2D eigenvalue weighted by Crippen LogP contribution is -2.26. The monoisotopic (exact) mass is 624 g/mol. The topological polar surface area (TPSA) is 234 Å². The van der Waals surface area contributed by atoms with E-state index in [-0.39, 0.29) is 33.1 Å². The SMILES string of the molecule is Cc1nnc(SSc2nnc(C)n2NC(=O)c2ccccc2S(=O)(=O)[O-])n1NC(=O)c1ccccc1S(=O)(=O)[O-]. The van der Waals surface area contributed by atoms with Crippen molar-refractivity contribution in [2.45, 2.75) is 34.0 Å². The summed E-state index contributed by atoms with van der Waals surface area (Å²) in [5.41, 5.74) is 4.10. The van der Waals surface area contributed by atoms with Crippen LogP contribution in [0.25, 0.3) is 0 Å². The minimum absolute atomic E-state index is 0.0969. The van der Waals surface area contributed by atoms with Gasteiger partial charge < -0.3 is 9.11 Å². The molecule has 0 aliphatic rings. The van der Waals surface area contributed by atoms with Crippen LogP contribution in [0.2, 0.25) is 0 Å². The Kier molecular flexibility index (Phi) is 8.28. The van der Waals surface area contributed by atoms with Crippen molar-refractivity contribution in [1.29, 1.82) is 0 Å². The Balaban J connectivity index is 1.54. The number of benzene rings is 2. The van der Waals surface area contributed by atoms with Crippen LogP contribution in [0.4, 0.5) is 0 Å². The molecular formula is C20H16N8O8S4-2. The number of nitrogens with zero attached hydrogens (tertiary/aromatic N) is 6. The Morgan fingerprint density at radius 1 is 0.675 bits per heavy atom. The first-order chi connectivity index (χ1) is 18.8. The van der Waals surface area contributed by atoms with Crippen molar-refractivity contribution in [3.8, 4) is 0 Å². The summed E-state index contributed by atoms with van der Waals surface area (Å²) in [6, 6.07) is 9.76. The lowest BCUT2D eigenvalue weighted by Gasteiger charge is -2.15. The van der Waals surface area contributed by atoms with Gasteiger partial charge >= 0.3 is 0 Å². The molecule has 4 rings (SSSR count). The molecule has 4 aromatic rings. The van der Waals surface area contributed by atoms with E-state index < -0.39 is 41.8 Å². The second kappa shape index (κ2) is 11.3. The molecule has 40 heavy (non-hydrogen) atoms. The van der Waals surface area contributed by atoms with E-state index in [1.165, 1.54) is 50.2 Å². The molecular weight excluding hydrogens is 609 g/mol. The van der Waals surface area contributed by atoms with Gasteiger partial charge in [0, 0.05) is 0 Å². The third kappa shape index (κ3) is 6.32. The lowest BCUT2D eigenvalue weighted by atomic mass is 10.2. The highest BCUT2D eigenvalue weighted by Crippen LogP contribution is 2.35. The quantitative estimate of drug-likeness (QED) is 0.194. The fraction of sp³-hybridized carbons (Fsp3) is 0.100. The second-order valence-corrected chi connectivity index (χ2v) is 12.4. The normalized spacial score (nSPS) is 11.8. The summed E-state index contributed by atoms with van der Waals surface area (Å²) in [6.45, 7) is 3.01. The van der Waals surface area contributed by atoms with Crippen LogP contribution in [-0.4, -0.2) is 67.5 Å². The van der Waals surface area contributed by atoms with E-state index in [0.717, 1.165) is 43.1 Å². The number of aromatic nitrogens is 6. The zero-order valence-corrected chi connectivity index (χ0v) is 23.5. The second-order valence-electron chi connectivity index (χ2n) is 7.68. The minimum Gasteiger partial charge on any atom is -0.744 e. The van der Waals surface area contributed by atoms with Gasteiger partial charge in [0.1, 0.15) is 31.9 Å². The zero-order valence-electron chi connectivity index (χ0n) is 20.2. The lowest BCUT2D eigenvalue weighted by molar-refractivity contribution is 0.0994. The number of hydrogen-bond acceptors (Lipinski definition) is 14. The maximum Gasteiger partial charge on any atom is 0.271 e. The average molecular weight is 625 g/mol. The molecule has 0 aliphatic heterocycles. The van der Waals surface area contributed by atoms with Crippen molar-refractivity contribution in [3.05, 3.63) is 71.3 Å². The van der Waals surface area contributed by atoms with Crippen molar-refractivity contribution in [1.82, 2.24) is 29.7 Å². The Morgan fingerprint density at radius 3 is 1.38 bits per heavy atom. The molecule has 20 heteroatoms. The van der Waals surface area contributed by atoms with E-state index in [1.807, 2.05) is 0 Å². The molecule has 0 fully saturated rings. The standard InChI is InChI=1S/C20H18N8O8S4/c1-11-21-23-19(27(11)25-17(29)13-7-3-5-9-15(13)39(31,32)33)37-38-20-24-22-12(2)28(20)26-18(30)14-8-4-6-10-16(14)40(34,35)36/h3-10H,1-2H3,(H,25,29)(H,26,30)(H,31,32,33)(H,34,35,36)/p-2. The molecule has 210 valence electrons. The van der Waals surface area contributed by atoms with Crippen LogP contribution in [0, 0.1) is 13.8 Å². The molecule has 2 amide bonds. The summed E-state index contributed by atoms with van der Waals surface area (Å²) in [5, 5.41) is 15.8. The molecule has 2 heterocycles. The number of aryl methyl sites for hydroxylation is 2. The first kappa shape index (κ1) is 29.2. The molecule has 16 nitrogen and oxygen atoms in total. The van der Waals surface area contributed by atoms with Gasteiger partial charge in [-0.3, -0.25) is 20.4 Å². The van der Waals surface area contributed by atoms with Crippen LogP contribution < -0.4 is 10.9 Å². The first-order valence-electron chi connectivity index (χ1n) is 10.7. The van der Waals surface area contributed by atoms with Crippen molar-refractivity contribution in [2.24, 2.45) is 0 Å². The van der Waals surface area contributed by atoms with Crippen LogP contribution in [-0.2, 0) is 20.2 Å². The molecule has 2 N–H and O–H groups in total. The highest BCUT2D eigenvalue weighted by Gasteiger charge is 2.22.